The molecule has 26 heavy (non-hydrogen) atoms. The van der Waals surface area contributed by atoms with E-state index in [4.69, 9.17) is 24.7 Å². The van der Waals surface area contributed by atoms with E-state index in [1.807, 2.05) is 12.1 Å². The molecule has 0 aliphatic heterocycles. The fourth-order valence-corrected chi connectivity index (χ4v) is 3.65. The summed E-state index contributed by atoms with van der Waals surface area (Å²) in [5.74, 6) is 2.83. The number of hydrogen-bond donors (Lipinski definition) is 1. The predicted octanol–water partition coefficient (Wildman–Crippen LogP) is 3.84. The number of rotatable bonds is 6. The van der Waals surface area contributed by atoms with Gasteiger partial charge >= 0.3 is 0 Å². The van der Waals surface area contributed by atoms with Crippen molar-refractivity contribution in [3.63, 3.8) is 0 Å². The Morgan fingerprint density at radius 3 is 2.04 bits per heavy atom. The molecule has 0 aliphatic carbocycles. The first-order chi connectivity index (χ1) is 12.6. The maximum Gasteiger partial charge on any atom is 0.169 e. The maximum absolute atomic E-state index is 5.82. The van der Waals surface area contributed by atoms with Crippen LogP contribution in [0.2, 0.25) is 0 Å². The highest BCUT2D eigenvalue weighted by Crippen LogP contribution is 2.46. The summed E-state index contributed by atoms with van der Waals surface area (Å²) in [6.07, 6.45) is 0.727. The molecule has 0 spiro atoms. The molecule has 3 rings (SSSR count). The largest absolute Gasteiger partial charge is 0.493 e. The molecule has 0 bridgehead atoms. The highest BCUT2D eigenvalue weighted by molar-refractivity contribution is 6.13. The molecule has 0 saturated carbocycles. The summed E-state index contributed by atoms with van der Waals surface area (Å²) < 4.78 is 22.5. The molecule has 0 aromatic heterocycles. The highest BCUT2D eigenvalue weighted by atomic mass is 16.5. The van der Waals surface area contributed by atoms with Crippen molar-refractivity contribution < 1.29 is 18.9 Å². The monoisotopic (exact) mass is 355 g/mol. The van der Waals surface area contributed by atoms with E-state index in [-0.39, 0.29) is 0 Å². The summed E-state index contributed by atoms with van der Waals surface area (Å²) in [6.45, 7) is 2.65. The van der Waals surface area contributed by atoms with Crippen LogP contribution in [-0.2, 0) is 6.42 Å². The summed E-state index contributed by atoms with van der Waals surface area (Å²) in [5, 5.41) is 4.19. The third-order valence-corrected chi connectivity index (χ3v) is 4.89. The van der Waals surface area contributed by atoms with Gasteiger partial charge in [0.05, 0.1) is 28.4 Å². The van der Waals surface area contributed by atoms with Gasteiger partial charge in [-0.3, -0.25) is 0 Å². The first kappa shape index (κ1) is 18.1. The summed E-state index contributed by atoms with van der Waals surface area (Å²) in [7, 11) is 6.60. The van der Waals surface area contributed by atoms with Gasteiger partial charge in [-0.2, -0.15) is 0 Å². The van der Waals surface area contributed by atoms with Gasteiger partial charge in [0.25, 0.3) is 0 Å². The van der Waals surface area contributed by atoms with Crippen molar-refractivity contribution >= 4 is 21.5 Å². The molecular weight excluding hydrogens is 330 g/mol. The van der Waals surface area contributed by atoms with Gasteiger partial charge < -0.3 is 24.7 Å². The molecule has 2 N–H and O–H groups in total. The van der Waals surface area contributed by atoms with Gasteiger partial charge in [-0.1, -0.05) is 12.1 Å². The van der Waals surface area contributed by atoms with Crippen LogP contribution in [0.4, 0.5) is 0 Å². The lowest BCUT2D eigenvalue weighted by molar-refractivity contribution is 0.354. The van der Waals surface area contributed by atoms with Gasteiger partial charge in [0, 0.05) is 10.9 Å². The number of ether oxygens (including phenoxy) is 4. The summed E-state index contributed by atoms with van der Waals surface area (Å²) in [6, 6.07) is 8.16. The standard InChI is InChI=1S/C21H25NO4/c1-12-14-7-6-13-10-17(23-2)18(24-3)11-16(13)19(14)21(26-5)20(25-4)15(12)8-9-22/h6-7,10-11H,8-9,22H2,1-5H3. The Morgan fingerprint density at radius 2 is 1.46 bits per heavy atom. The molecule has 0 atom stereocenters. The minimum atomic E-state index is 0.546. The Morgan fingerprint density at radius 1 is 0.808 bits per heavy atom. The third-order valence-electron chi connectivity index (χ3n) is 4.89. The smallest absolute Gasteiger partial charge is 0.169 e. The number of methoxy groups -OCH3 is 4. The molecule has 3 aromatic carbocycles. The second kappa shape index (κ2) is 7.30. The Balaban J connectivity index is 2.52. The molecule has 0 heterocycles. The average molecular weight is 355 g/mol. The minimum absolute atomic E-state index is 0.546. The van der Waals surface area contributed by atoms with Crippen molar-refractivity contribution in [1.82, 2.24) is 0 Å². The van der Waals surface area contributed by atoms with E-state index < -0.39 is 0 Å². The Bertz CT molecular complexity index is 966. The molecule has 0 aliphatic rings. The van der Waals surface area contributed by atoms with E-state index in [0.717, 1.165) is 50.6 Å². The molecule has 0 fully saturated rings. The fraction of sp³-hybridized carbons (Fsp3) is 0.333. The number of fused-ring (bicyclic) bond motifs is 3. The molecule has 0 unspecified atom stereocenters. The maximum atomic E-state index is 5.82. The van der Waals surface area contributed by atoms with Crippen LogP contribution in [0.15, 0.2) is 24.3 Å². The van der Waals surface area contributed by atoms with Crippen LogP contribution >= 0.6 is 0 Å². The lowest BCUT2D eigenvalue weighted by Crippen LogP contribution is -2.08. The summed E-state index contributed by atoms with van der Waals surface area (Å²) >= 11 is 0. The van der Waals surface area contributed by atoms with E-state index in [1.54, 1.807) is 28.4 Å². The third kappa shape index (κ3) is 2.69. The van der Waals surface area contributed by atoms with Gasteiger partial charge in [0.1, 0.15) is 0 Å². The van der Waals surface area contributed by atoms with E-state index >= 15 is 0 Å². The predicted molar refractivity (Wildman–Crippen MR) is 105 cm³/mol. The number of aryl methyl sites for hydroxylation is 1. The Labute approximate surface area is 153 Å². The molecular formula is C21H25NO4. The summed E-state index contributed by atoms with van der Waals surface area (Å²) in [4.78, 5) is 0. The van der Waals surface area contributed by atoms with Crippen molar-refractivity contribution in [2.75, 3.05) is 35.0 Å². The van der Waals surface area contributed by atoms with Crippen LogP contribution < -0.4 is 24.7 Å². The molecule has 0 amide bonds. The van der Waals surface area contributed by atoms with E-state index in [2.05, 4.69) is 19.1 Å². The van der Waals surface area contributed by atoms with E-state index in [1.165, 1.54) is 0 Å². The molecule has 138 valence electrons. The zero-order valence-electron chi connectivity index (χ0n) is 15.9. The molecule has 3 aromatic rings. The summed E-state index contributed by atoms with van der Waals surface area (Å²) in [5.41, 5.74) is 8.06. The quantitative estimate of drug-likeness (QED) is 0.681. The first-order valence-electron chi connectivity index (χ1n) is 8.53. The lowest BCUT2D eigenvalue weighted by atomic mass is 9.92. The van der Waals surface area contributed by atoms with Crippen LogP contribution in [0.3, 0.4) is 0 Å². The van der Waals surface area contributed by atoms with Crippen LogP contribution in [0.1, 0.15) is 11.1 Å². The molecule has 0 saturated heterocycles. The second-order valence-electron chi connectivity index (χ2n) is 6.13. The highest BCUT2D eigenvalue weighted by Gasteiger charge is 2.21. The van der Waals surface area contributed by atoms with Crippen LogP contribution in [0, 0.1) is 6.92 Å². The van der Waals surface area contributed by atoms with Crippen molar-refractivity contribution in [3.8, 4) is 23.0 Å². The van der Waals surface area contributed by atoms with Crippen molar-refractivity contribution in [2.45, 2.75) is 13.3 Å². The lowest BCUT2D eigenvalue weighted by Gasteiger charge is -2.20. The van der Waals surface area contributed by atoms with E-state index in [9.17, 15) is 0 Å². The van der Waals surface area contributed by atoms with Gasteiger partial charge in [0.15, 0.2) is 23.0 Å². The van der Waals surface area contributed by atoms with Crippen molar-refractivity contribution in [2.24, 2.45) is 5.73 Å². The van der Waals surface area contributed by atoms with Crippen LogP contribution in [0.5, 0.6) is 23.0 Å². The number of hydrogen-bond acceptors (Lipinski definition) is 5. The fourth-order valence-electron chi connectivity index (χ4n) is 3.65. The normalized spacial score (nSPS) is 11.0. The van der Waals surface area contributed by atoms with Gasteiger partial charge in [0.2, 0.25) is 0 Å². The number of nitrogens with two attached hydrogens (primary N) is 1. The zero-order chi connectivity index (χ0) is 18.8. The molecule has 0 radical (unpaired) electrons. The molecule has 5 heteroatoms. The van der Waals surface area contributed by atoms with Crippen molar-refractivity contribution in [1.29, 1.82) is 0 Å². The zero-order valence-corrected chi connectivity index (χ0v) is 15.9. The average Bonchev–Trinajstić information content (AvgIpc) is 2.68. The van der Waals surface area contributed by atoms with Crippen LogP contribution in [0.25, 0.3) is 21.5 Å². The van der Waals surface area contributed by atoms with Crippen LogP contribution in [-0.4, -0.2) is 35.0 Å². The Kier molecular flexibility index (Phi) is 5.09. The van der Waals surface area contributed by atoms with Gasteiger partial charge in [-0.05, 0) is 53.7 Å². The van der Waals surface area contributed by atoms with Gasteiger partial charge in [-0.15, -0.1) is 0 Å². The topological polar surface area (TPSA) is 62.9 Å². The second-order valence-corrected chi connectivity index (χ2v) is 6.13. The SMILES string of the molecule is COc1cc2ccc3c(C)c(CCN)c(OC)c(OC)c3c2cc1OC. The van der Waals surface area contributed by atoms with Gasteiger partial charge in [-0.25, -0.2) is 0 Å². The Hall–Kier alpha value is -2.66. The molecule has 5 nitrogen and oxygen atoms in total. The first-order valence-corrected chi connectivity index (χ1v) is 8.53. The minimum Gasteiger partial charge on any atom is -0.493 e. The van der Waals surface area contributed by atoms with E-state index in [0.29, 0.717) is 18.0 Å². The number of benzene rings is 3. The van der Waals surface area contributed by atoms with Crippen molar-refractivity contribution in [3.05, 3.63) is 35.4 Å².